The molecule has 0 spiro atoms. The summed E-state index contributed by atoms with van der Waals surface area (Å²) in [5.41, 5.74) is 1.74. The molecule has 0 radical (unpaired) electrons. The molecule has 1 atom stereocenters. The largest absolute Gasteiger partial charge is 0.462 e. The van der Waals surface area contributed by atoms with E-state index in [9.17, 15) is 18.0 Å². The monoisotopic (exact) mass is 390 g/mol. The lowest BCUT2D eigenvalue weighted by molar-refractivity contribution is -0.117. The first-order valence-corrected chi connectivity index (χ1v) is 9.88. The van der Waals surface area contributed by atoms with Crippen LogP contribution in [0.3, 0.4) is 0 Å². The lowest BCUT2D eigenvalue weighted by Crippen LogP contribution is -2.41. The van der Waals surface area contributed by atoms with Crippen LogP contribution in [-0.4, -0.2) is 32.9 Å². The molecule has 0 saturated carbocycles. The van der Waals surface area contributed by atoms with Crippen LogP contribution < -0.4 is 10.0 Å². The molecule has 27 heavy (non-hydrogen) atoms. The molecule has 2 N–H and O–H groups in total. The van der Waals surface area contributed by atoms with E-state index in [2.05, 4.69) is 10.0 Å². The van der Waals surface area contributed by atoms with E-state index in [0.29, 0.717) is 11.3 Å². The molecule has 0 aliphatic carbocycles. The molecular formula is C19H22N2O5S. The molecular weight excluding hydrogens is 368 g/mol. The number of carbonyl (C=O) groups excluding carboxylic acids is 2. The Morgan fingerprint density at radius 3 is 2.19 bits per heavy atom. The highest BCUT2D eigenvalue weighted by Gasteiger charge is 2.22. The minimum Gasteiger partial charge on any atom is -0.462 e. The molecule has 2 aromatic carbocycles. The van der Waals surface area contributed by atoms with Crippen molar-refractivity contribution in [2.45, 2.75) is 31.7 Å². The fourth-order valence-corrected chi connectivity index (χ4v) is 3.43. The van der Waals surface area contributed by atoms with Gasteiger partial charge in [-0.05, 0) is 57.2 Å². The van der Waals surface area contributed by atoms with Crippen LogP contribution in [-0.2, 0) is 19.6 Å². The van der Waals surface area contributed by atoms with Crippen molar-refractivity contribution >= 4 is 27.6 Å². The van der Waals surface area contributed by atoms with Gasteiger partial charge < -0.3 is 10.1 Å². The van der Waals surface area contributed by atoms with Crippen LogP contribution in [0.5, 0.6) is 0 Å². The van der Waals surface area contributed by atoms with E-state index in [1.807, 2.05) is 6.92 Å². The third kappa shape index (κ3) is 5.63. The van der Waals surface area contributed by atoms with Crippen LogP contribution in [0.1, 0.15) is 29.8 Å². The van der Waals surface area contributed by atoms with Gasteiger partial charge in [-0.1, -0.05) is 17.7 Å². The molecule has 0 aliphatic heterocycles. The summed E-state index contributed by atoms with van der Waals surface area (Å²) >= 11 is 0. The number of sulfonamides is 1. The number of aryl methyl sites for hydroxylation is 1. The molecule has 2 aromatic rings. The molecule has 0 heterocycles. The maximum absolute atomic E-state index is 12.3. The highest BCUT2D eigenvalue weighted by atomic mass is 32.2. The number of amides is 1. The first-order valence-electron chi connectivity index (χ1n) is 8.40. The third-order valence-electron chi connectivity index (χ3n) is 3.72. The van der Waals surface area contributed by atoms with Crippen LogP contribution >= 0.6 is 0 Å². The highest BCUT2D eigenvalue weighted by Crippen LogP contribution is 2.13. The van der Waals surface area contributed by atoms with Gasteiger partial charge in [-0.3, -0.25) is 4.79 Å². The molecule has 144 valence electrons. The van der Waals surface area contributed by atoms with Crippen LogP contribution in [0.25, 0.3) is 0 Å². The molecule has 0 unspecified atom stereocenters. The molecule has 7 nitrogen and oxygen atoms in total. The number of hydrogen-bond donors (Lipinski definition) is 2. The fraction of sp³-hybridized carbons (Fsp3) is 0.263. The first kappa shape index (κ1) is 20.6. The van der Waals surface area contributed by atoms with Gasteiger partial charge in [-0.2, -0.15) is 4.72 Å². The number of anilines is 1. The average molecular weight is 390 g/mol. The molecule has 0 aromatic heterocycles. The van der Waals surface area contributed by atoms with Crippen LogP contribution in [0, 0.1) is 6.92 Å². The first-order chi connectivity index (χ1) is 12.7. The summed E-state index contributed by atoms with van der Waals surface area (Å²) in [4.78, 5) is 24.0. The molecule has 0 fully saturated rings. The fourth-order valence-electron chi connectivity index (χ4n) is 2.23. The Balaban J connectivity index is 2.01. The van der Waals surface area contributed by atoms with Crippen molar-refractivity contribution in [3.63, 3.8) is 0 Å². The van der Waals surface area contributed by atoms with E-state index < -0.39 is 27.9 Å². The van der Waals surface area contributed by atoms with E-state index in [1.54, 1.807) is 31.2 Å². The lowest BCUT2D eigenvalue weighted by atomic mass is 10.2. The minimum atomic E-state index is -3.81. The number of benzene rings is 2. The maximum atomic E-state index is 12.3. The topological polar surface area (TPSA) is 102 Å². The summed E-state index contributed by atoms with van der Waals surface area (Å²) in [7, 11) is -3.81. The number of carbonyl (C=O) groups is 2. The number of hydrogen-bond acceptors (Lipinski definition) is 5. The summed E-state index contributed by atoms with van der Waals surface area (Å²) in [5.74, 6) is -0.968. The number of ether oxygens (including phenoxy) is 1. The Morgan fingerprint density at radius 1 is 1.04 bits per heavy atom. The molecule has 0 saturated heterocycles. The van der Waals surface area contributed by atoms with Crippen LogP contribution in [0.2, 0.25) is 0 Å². The van der Waals surface area contributed by atoms with Gasteiger partial charge in [-0.25, -0.2) is 13.2 Å². The second-order valence-corrected chi connectivity index (χ2v) is 7.66. The van der Waals surface area contributed by atoms with E-state index >= 15 is 0 Å². The summed E-state index contributed by atoms with van der Waals surface area (Å²) in [6.07, 6.45) is 0. The number of rotatable bonds is 7. The van der Waals surface area contributed by atoms with Crippen molar-refractivity contribution < 1.29 is 22.7 Å². The van der Waals surface area contributed by atoms with E-state index in [0.717, 1.165) is 5.56 Å². The maximum Gasteiger partial charge on any atom is 0.338 e. The van der Waals surface area contributed by atoms with Crippen molar-refractivity contribution in [1.82, 2.24) is 4.72 Å². The van der Waals surface area contributed by atoms with Crippen molar-refractivity contribution in [2.75, 3.05) is 11.9 Å². The Kier molecular flexibility index (Phi) is 6.70. The minimum absolute atomic E-state index is 0.0894. The second-order valence-electron chi connectivity index (χ2n) is 5.94. The molecule has 2 rings (SSSR count). The molecule has 0 aliphatic rings. The standard InChI is InChI=1S/C19H22N2O5S/c1-4-26-19(23)15-7-9-16(10-8-15)20-18(22)14(3)21-27(24,25)17-11-5-13(2)6-12-17/h5-12,14,21H,4H2,1-3H3,(H,20,22)/t14-/m0/s1. The predicted octanol–water partition coefficient (Wildman–Crippen LogP) is 2.48. The summed E-state index contributed by atoms with van der Waals surface area (Å²) in [6, 6.07) is 11.5. The van der Waals surface area contributed by atoms with Crippen LogP contribution in [0.15, 0.2) is 53.4 Å². The smallest absolute Gasteiger partial charge is 0.338 e. The Morgan fingerprint density at radius 2 is 1.63 bits per heavy atom. The van der Waals surface area contributed by atoms with E-state index in [1.165, 1.54) is 31.2 Å². The Hall–Kier alpha value is -2.71. The second kappa shape index (κ2) is 8.79. The average Bonchev–Trinajstić information content (AvgIpc) is 2.62. The van der Waals surface area contributed by atoms with Crippen molar-refractivity contribution in [3.05, 3.63) is 59.7 Å². The third-order valence-corrected chi connectivity index (χ3v) is 5.28. The number of nitrogens with one attached hydrogen (secondary N) is 2. The van der Waals surface area contributed by atoms with Gasteiger partial charge in [0, 0.05) is 5.69 Å². The predicted molar refractivity (Wildman–Crippen MR) is 102 cm³/mol. The van der Waals surface area contributed by atoms with Gasteiger partial charge in [0.25, 0.3) is 0 Å². The van der Waals surface area contributed by atoms with Crippen LogP contribution in [0.4, 0.5) is 5.69 Å². The molecule has 0 bridgehead atoms. The van der Waals surface area contributed by atoms with Crippen molar-refractivity contribution in [2.24, 2.45) is 0 Å². The number of esters is 1. The SMILES string of the molecule is CCOC(=O)c1ccc(NC(=O)[C@H](C)NS(=O)(=O)c2ccc(C)cc2)cc1. The Labute approximate surface area is 158 Å². The summed E-state index contributed by atoms with van der Waals surface area (Å²) in [6.45, 7) is 5.29. The zero-order chi connectivity index (χ0) is 20.0. The molecule has 8 heteroatoms. The zero-order valence-corrected chi connectivity index (χ0v) is 16.2. The van der Waals surface area contributed by atoms with Gasteiger partial charge >= 0.3 is 5.97 Å². The van der Waals surface area contributed by atoms with E-state index in [4.69, 9.17) is 4.74 Å². The summed E-state index contributed by atoms with van der Waals surface area (Å²) < 4.78 is 31.9. The molecule has 1 amide bonds. The lowest BCUT2D eigenvalue weighted by Gasteiger charge is -2.15. The van der Waals surface area contributed by atoms with Gasteiger partial charge in [0.05, 0.1) is 23.1 Å². The zero-order valence-electron chi connectivity index (χ0n) is 15.4. The van der Waals surface area contributed by atoms with E-state index in [-0.39, 0.29) is 11.5 Å². The van der Waals surface area contributed by atoms with Gasteiger partial charge in [-0.15, -0.1) is 0 Å². The highest BCUT2D eigenvalue weighted by molar-refractivity contribution is 7.89. The quantitative estimate of drug-likeness (QED) is 0.707. The van der Waals surface area contributed by atoms with Gasteiger partial charge in [0.1, 0.15) is 0 Å². The van der Waals surface area contributed by atoms with Crippen molar-refractivity contribution in [1.29, 1.82) is 0 Å². The summed E-state index contributed by atoms with van der Waals surface area (Å²) in [5, 5.41) is 2.60. The van der Waals surface area contributed by atoms with Gasteiger partial charge in [0.2, 0.25) is 15.9 Å². The normalized spacial score (nSPS) is 12.3. The Bertz CT molecular complexity index is 906. The van der Waals surface area contributed by atoms with Gasteiger partial charge in [0.15, 0.2) is 0 Å². The van der Waals surface area contributed by atoms with Crippen molar-refractivity contribution in [3.8, 4) is 0 Å².